The van der Waals surface area contributed by atoms with Gasteiger partial charge in [-0.05, 0) is 55.3 Å². The number of halogens is 1. The molecule has 29 heavy (non-hydrogen) atoms. The van der Waals surface area contributed by atoms with E-state index in [9.17, 15) is 13.2 Å². The van der Waals surface area contributed by atoms with Crippen LogP contribution >= 0.6 is 11.6 Å². The molecule has 1 N–H and O–H groups in total. The molecule has 0 bridgehead atoms. The fourth-order valence-corrected chi connectivity index (χ4v) is 3.91. The van der Waals surface area contributed by atoms with E-state index in [1.165, 1.54) is 4.31 Å². The third-order valence-electron chi connectivity index (χ3n) is 4.18. The zero-order chi connectivity index (χ0) is 21.4. The molecule has 0 spiro atoms. The van der Waals surface area contributed by atoms with Crippen LogP contribution in [0.2, 0.25) is 5.02 Å². The number of hydrogen-bond donors (Lipinski definition) is 1. The number of amides is 1. The van der Waals surface area contributed by atoms with Gasteiger partial charge in [-0.25, -0.2) is 8.42 Å². The Morgan fingerprint density at radius 1 is 1.24 bits per heavy atom. The lowest BCUT2D eigenvalue weighted by atomic mass is 10.2. The van der Waals surface area contributed by atoms with Crippen molar-refractivity contribution in [2.75, 3.05) is 29.0 Å². The molecule has 0 atom stereocenters. The van der Waals surface area contributed by atoms with Crippen LogP contribution in [0.4, 0.5) is 11.4 Å². The molecule has 2 aromatic carbocycles. The molecule has 0 radical (unpaired) electrons. The molecule has 0 aliphatic rings. The van der Waals surface area contributed by atoms with Crippen LogP contribution in [0.5, 0.6) is 5.75 Å². The van der Waals surface area contributed by atoms with Gasteiger partial charge in [-0.1, -0.05) is 30.3 Å². The highest BCUT2D eigenvalue weighted by Gasteiger charge is 2.20. The first-order chi connectivity index (χ1) is 13.7. The summed E-state index contributed by atoms with van der Waals surface area (Å²) in [6.07, 6.45) is 3.34. The van der Waals surface area contributed by atoms with Crippen molar-refractivity contribution in [1.29, 1.82) is 0 Å². The highest BCUT2D eigenvalue weighted by Crippen LogP contribution is 2.28. The standard InChI is InChI=1S/C21H25ClN2O4S/c1-4-15-28-18-12-10-17(11-13-18)23-21(25)9-6-14-24(29(3,26)27)20-8-5-7-19(22)16(20)2/h4-5,7-8,10-13H,1,6,9,14-15H2,2-3H3,(H,23,25). The molecular weight excluding hydrogens is 412 g/mol. The summed E-state index contributed by atoms with van der Waals surface area (Å²) in [5, 5.41) is 3.29. The number of ether oxygens (including phenoxy) is 1. The second-order valence-corrected chi connectivity index (χ2v) is 8.81. The highest BCUT2D eigenvalue weighted by molar-refractivity contribution is 7.92. The average Bonchev–Trinajstić information content (AvgIpc) is 2.66. The SMILES string of the molecule is C=CCOc1ccc(NC(=O)CCCN(c2cccc(Cl)c2C)S(C)(=O)=O)cc1. The molecule has 2 aromatic rings. The van der Waals surface area contributed by atoms with Crippen LogP contribution in [-0.2, 0) is 14.8 Å². The molecular formula is C21H25ClN2O4S. The predicted molar refractivity (Wildman–Crippen MR) is 118 cm³/mol. The first-order valence-electron chi connectivity index (χ1n) is 9.09. The first kappa shape index (κ1) is 22.8. The van der Waals surface area contributed by atoms with Gasteiger partial charge in [0.2, 0.25) is 15.9 Å². The Morgan fingerprint density at radius 3 is 2.55 bits per heavy atom. The van der Waals surface area contributed by atoms with Crippen molar-refractivity contribution in [3.05, 3.63) is 65.7 Å². The van der Waals surface area contributed by atoms with E-state index in [1.54, 1.807) is 55.5 Å². The van der Waals surface area contributed by atoms with Crippen LogP contribution in [0.15, 0.2) is 55.1 Å². The summed E-state index contributed by atoms with van der Waals surface area (Å²) >= 11 is 6.12. The quantitative estimate of drug-likeness (QED) is 0.560. The first-order valence-corrected chi connectivity index (χ1v) is 11.3. The molecule has 1 amide bonds. The van der Waals surface area contributed by atoms with Crippen molar-refractivity contribution in [3.63, 3.8) is 0 Å². The Balaban J connectivity index is 1.94. The maximum atomic E-state index is 12.2. The number of carbonyl (C=O) groups excluding carboxylic acids is 1. The topological polar surface area (TPSA) is 75.7 Å². The van der Waals surface area contributed by atoms with Gasteiger partial charge in [0.1, 0.15) is 12.4 Å². The summed E-state index contributed by atoms with van der Waals surface area (Å²) in [6.45, 7) is 5.95. The normalized spacial score (nSPS) is 11.0. The van der Waals surface area contributed by atoms with Gasteiger partial charge in [-0.15, -0.1) is 0 Å². The molecule has 0 saturated carbocycles. The van der Waals surface area contributed by atoms with E-state index >= 15 is 0 Å². The minimum Gasteiger partial charge on any atom is -0.490 e. The molecule has 0 aromatic heterocycles. The number of benzene rings is 2. The molecule has 0 aliphatic carbocycles. The third kappa shape index (κ3) is 6.80. The lowest BCUT2D eigenvalue weighted by Crippen LogP contribution is -2.32. The molecule has 6 nitrogen and oxygen atoms in total. The number of hydrogen-bond acceptors (Lipinski definition) is 4. The Kier molecular flexibility index (Phi) is 8.10. The lowest BCUT2D eigenvalue weighted by molar-refractivity contribution is -0.116. The molecule has 0 fully saturated rings. The monoisotopic (exact) mass is 436 g/mol. The molecule has 8 heteroatoms. The Bertz CT molecular complexity index is 959. The summed E-state index contributed by atoms with van der Waals surface area (Å²) in [4.78, 5) is 12.2. The second kappa shape index (κ2) is 10.3. The molecule has 0 heterocycles. The van der Waals surface area contributed by atoms with Crippen LogP contribution in [0.25, 0.3) is 0 Å². The lowest BCUT2D eigenvalue weighted by Gasteiger charge is -2.24. The van der Waals surface area contributed by atoms with Crippen LogP contribution < -0.4 is 14.4 Å². The van der Waals surface area contributed by atoms with E-state index in [1.807, 2.05) is 0 Å². The van der Waals surface area contributed by atoms with Crippen LogP contribution in [0, 0.1) is 6.92 Å². The number of sulfonamides is 1. The largest absolute Gasteiger partial charge is 0.490 e. The van der Waals surface area contributed by atoms with Gasteiger partial charge in [-0.2, -0.15) is 0 Å². The average molecular weight is 437 g/mol. The molecule has 0 unspecified atom stereocenters. The summed E-state index contributed by atoms with van der Waals surface area (Å²) in [5.74, 6) is 0.490. The predicted octanol–water partition coefficient (Wildman–Crippen LogP) is 4.40. The van der Waals surface area contributed by atoms with Gasteiger partial charge in [0.05, 0.1) is 11.9 Å². The van der Waals surface area contributed by atoms with Crippen molar-refractivity contribution >= 4 is 38.9 Å². The molecule has 0 saturated heterocycles. The highest BCUT2D eigenvalue weighted by atomic mass is 35.5. The Morgan fingerprint density at radius 2 is 1.93 bits per heavy atom. The second-order valence-electron chi connectivity index (χ2n) is 6.49. The van der Waals surface area contributed by atoms with E-state index in [2.05, 4.69) is 11.9 Å². The summed E-state index contributed by atoms with van der Waals surface area (Å²) in [6, 6.07) is 12.1. The van der Waals surface area contributed by atoms with Gasteiger partial charge < -0.3 is 10.1 Å². The maximum Gasteiger partial charge on any atom is 0.232 e. The molecule has 0 aliphatic heterocycles. The number of rotatable bonds is 10. The van der Waals surface area contributed by atoms with Crippen molar-refractivity contribution in [1.82, 2.24) is 0 Å². The number of carbonyl (C=O) groups is 1. The van der Waals surface area contributed by atoms with Gasteiger partial charge in [0.15, 0.2) is 0 Å². The van der Waals surface area contributed by atoms with Gasteiger partial charge >= 0.3 is 0 Å². The summed E-state index contributed by atoms with van der Waals surface area (Å²) in [7, 11) is -3.50. The van der Waals surface area contributed by atoms with E-state index in [0.29, 0.717) is 40.7 Å². The van der Waals surface area contributed by atoms with E-state index in [4.69, 9.17) is 16.3 Å². The smallest absolute Gasteiger partial charge is 0.232 e. The minimum atomic E-state index is -3.50. The van der Waals surface area contributed by atoms with Crippen molar-refractivity contribution in [2.24, 2.45) is 0 Å². The van der Waals surface area contributed by atoms with Gasteiger partial charge in [-0.3, -0.25) is 9.10 Å². The van der Waals surface area contributed by atoms with Crippen molar-refractivity contribution in [2.45, 2.75) is 19.8 Å². The number of nitrogens with one attached hydrogen (secondary N) is 1. The number of anilines is 2. The van der Waals surface area contributed by atoms with Crippen molar-refractivity contribution in [3.8, 4) is 5.75 Å². The fourth-order valence-electron chi connectivity index (χ4n) is 2.73. The van der Waals surface area contributed by atoms with Crippen molar-refractivity contribution < 1.29 is 17.9 Å². The Labute approximate surface area is 177 Å². The van der Waals surface area contributed by atoms with E-state index in [0.717, 1.165) is 6.26 Å². The summed E-state index contributed by atoms with van der Waals surface area (Å²) < 4.78 is 31.1. The van der Waals surface area contributed by atoms with Gasteiger partial charge in [0.25, 0.3) is 0 Å². The van der Waals surface area contributed by atoms with E-state index < -0.39 is 10.0 Å². The zero-order valence-electron chi connectivity index (χ0n) is 16.5. The van der Waals surface area contributed by atoms with E-state index in [-0.39, 0.29) is 18.9 Å². The summed E-state index contributed by atoms with van der Waals surface area (Å²) in [5.41, 5.74) is 1.85. The van der Waals surface area contributed by atoms with Crippen LogP contribution in [0.3, 0.4) is 0 Å². The maximum absolute atomic E-state index is 12.2. The van der Waals surface area contributed by atoms with Gasteiger partial charge in [0, 0.05) is 23.7 Å². The van der Waals surface area contributed by atoms with Crippen LogP contribution in [-0.4, -0.2) is 33.7 Å². The molecule has 2 rings (SSSR count). The third-order valence-corrected chi connectivity index (χ3v) is 5.77. The Hall–Kier alpha value is -2.51. The zero-order valence-corrected chi connectivity index (χ0v) is 18.1. The fraction of sp³-hybridized carbons (Fsp3) is 0.286. The minimum absolute atomic E-state index is 0.181. The molecule has 156 valence electrons. The van der Waals surface area contributed by atoms with Crippen LogP contribution in [0.1, 0.15) is 18.4 Å². The number of nitrogens with zero attached hydrogens (tertiary/aromatic N) is 1.